The minimum atomic E-state index is 0.0243. The van der Waals surface area contributed by atoms with Crippen LogP contribution in [0.1, 0.15) is 38.5 Å². The molecular weight excluding hydrogens is 160 g/mol. The first-order valence-electron chi connectivity index (χ1n) is 5.68. The number of fused-ring (bicyclic) bond motifs is 1. The smallest absolute Gasteiger partial charge is 0.0630 e. The first kappa shape index (κ1) is 8.05. The lowest BCUT2D eigenvalue weighted by Gasteiger charge is -2.42. The van der Waals surface area contributed by atoms with Crippen LogP contribution in [-0.4, -0.2) is 11.2 Å². The third kappa shape index (κ3) is 0.914. The van der Waals surface area contributed by atoms with E-state index in [2.05, 4.69) is 12.2 Å². The quantitative estimate of drug-likeness (QED) is 0.565. The Morgan fingerprint density at radius 3 is 3.15 bits per heavy atom. The number of hydrogen-bond acceptors (Lipinski definition) is 1. The molecule has 2 fully saturated rings. The molecule has 4 unspecified atom stereocenters. The number of rotatable bonds is 0. The minimum absolute atomic E-state index is 0.0243. The molecule has 0 aliphatic heterocycles. The fourth-order valence-electron chi connectivity index (χ4n) is 4.02. The molecule has 3 rings (SSSR count). The largest absolute Gasteiger partial charge is 0.392 e. The molecule has 13 heavy (non-hydrogen) atoms. The summed E-state index contributed by atoms with van der Waals surface area (Å²) in [5.41, 5.74) is 0.317. The van der Waals surface area contributed by atoms with Crippen LogP contribution in [0.2, 0.25) is 0 Å². The molecule has 0 aromatic rings. The lowest BCUT2D eigenvalue weighted by Crippen LogP contribution is -2.40. The average molecular weight is 178 g/mol. The molecule has 0 radical (unpaired) electrons. The maximum atomic E-state index is 10.3. The van der Waals surface area contributed by atoms with Crippen LogP contribution in [0.5, 0.6) is 0 Å². The van der Waals surface area contributed by atoms with Gasteiger partial charge in [-0.15, -0.1) is 0 Å². The van der Waals surface area contributed by atoms with Crippen LogP contribution in [0, 0.1) is 17.3 Å². The highest BCUT2D eigenvalue weighted by molar-refractivity contribution is 5.14. The molecule has 3 aliphatic carbocycles. The normalized spacial score (nSPS) is 53.5. The summed E-state index contributed by atoms with van der Waals surface area (Å²) in [4.78, 5) is 0. The number of aliphatic hydroxyl groups excluding tert-OH is 1. The average Bonchev–Trinajstić information content (AvgIpc) is 2.35. The van der Waals surface area contributed by atoms with E-state index in [-0.39, 0.29) is 6.10 Å². The molecule has 72 valence electrons. The highest BCUT2D eigenvalue weighted by Gasteiger charge is 2.55. The van der Waals surface area contributed by atoms with E-state index in [1.165, 1.54) is 38.5 Å². The van der Waals surface area contributed by atoms with Crippen LogP contribution in [0.3, 0.4) is 0 Å². The van der Waals surface area contributed by atoms with Gasteiger partial charge in [0.25, 0.3) is 0 Å². The van der Waals surface area contributed by atoms with Gasteiger partial charge in [0.1, 0.15) is 0 Å². The molecule has 0 saturated heterocycles. The van der Waals surface area contributed by atoms with Gasteiger partial charge >= 0.3 is 0 Å². The predicted octanol–water partition coefficient (Wildman–Crippen LogP) is 2.50. The van der Waals surface area contributed by atoms with Crippen LogP contribution in [-0.2, 0) is 0 Å². The zero-order chi connectivity index (χ0) is 8.89. The van der Waals surface area contributed by atoms with Gasteiger partial charge in [-0.2, -0.15) is 0 Å². The molecule has 0 amide bonds. The molecule has 3 aliphatic rings. The first-order chi connectivity index (χ1) is 6.33. The summed E-state index contributed by atoms with van der Waals surface area (Å²) in [5.74, 6) is 1.34. The summed E-state index contributed by atoms with van der Waals surface area (Å²) in [6.07, 6.45) is 12.3. The van der Waals surface area contributed by atoms with Crippen molar-refractivity contribution in [2.24, 2.45) is 17.3 Å². The second-order valence-corrected chi connectivity index (χ2v) is 5.14. The molecule has 2 saturated carbocycles. The Morgan fingerprint density at radius 2 is 2.23 bits per heavy atom. The number of hydrogen-bond donors (Lipinski definition) is 1. The van der Waals surface area contributed by atoms with E-state index in [0.29, 0.717) is 17.3 Å². The lowest BCUT2D eigenvalue weighted by atomic mass is 9.65. The lowest BCUT2D eigenvalue weighted by molar-refractivity contribution is -0.0264. The Hall–Kier alpha value is -0.300. The van der Waals surface area contributed by atoms with Gasteiger partial charge in [-0.1, -0.05) is 18.6 Å². The monoisotopic (exact) mass is 178 g/mol. The summed E-state index contributed by atoms with van der Waals surface area (Å²) in [6, 6.07) is 0. The molecule has 0 aromatic heterocycles. The number of aliphatic hydroxyl groups is 1. The molecular formula is C12H18O. The van der Waals surface area contributed by atoms with E-state index in [0.717, 1.165) is 0 Å². The van der Waals surface area contributed by atoms with Gasteiger partial charge in [-0.3, -0.25) is 0 Å². The molecule has 4 atom stereocenters. The van der Waals surface area contributed by atoms with Gasteiger partial charge in [-0.25, -0.2) is 0 Å². The highest BCUT2D eigenvalue weighted by Crippen LogP contribution is 2.59. The third-order valence-electron chi connectivity index (χ3n) is 4.69. The van der Waals surface area contributed by atoms with Crippen LogP contribution in [0.15, 0.2) is 12.2 Å². The van der Waals surface area contributed by atoms with Gasteiger partial charge in [-0.05, 0) is 43.9 Å². The van der Waals surface area contributed by atoms with Gasteiger partial charge in [0, 0.05) is 5.41 Å². The van der Waals surface area contributed by atoms with Crippen LogP contribution in [0.4, 0.5) is 0 Å². The molecule has 1 N–H and O–H groups in total. The predicted molar refractivity (Wildman–Crippen MR) is 52.3 cm³/mol. The van der Waals surface area contributed by atoms with Crippen molar-refractivity contribution in [1.82, 2.24) is 0 Å². The van der Waals surface area contributed by atoms with E-state index in [4.69, 9.17) is 0 Å². The fourth-order valence-corrected chi connectivity index (χ4v) is 4.02. The fraction of sp³-hybridized carbons (Fsp3) is 0.833. The standard InChI is InChI=1S/C12H18O/c13-11-9-4-3-7-12(11)6-2-1-5-10(12)8-9/h1,5,9-11,13H,2-4,6-8H2. The molecule has 1 nitrogen and oxygen atoms in total. The van der Waals surface area contributed by atoms with Crippen LogP contribution < -0.4 is 0 Å². The van der Waals surface area contributed by atoms with E-state index < -0.39 is 0 Å². The van der Waals surface area contributed by atoms with E-state index in [9.17, 15) is 5.11 Å². The van der Waals surface area contributed by atoms with E-state index in [1.54, 1.807) is 0 Å². The van der Waals surface area contributed by atoms with Gasteiger partial charge in [0.2, 0.25) is 0 Å². The van der Waals surface area contributed by atoms with Crippen molar-refractivity contribution in [3.63, 3.8) is 0 Å². The molecule has 0 heterocycles. The second kappa shape index (κ2) is 2.60. The second-order valence-electron chi connectivity index (χ2n) is 5.14. The molecule has 0 aromatic carbocycles. The zero-order valence-electron chi connectivity index (χ0n) is 8.08. The minimum Gasteiger partial charge on any atom is -0.392 e. The maximum Gasteiger partial charge on any atom is 0.0630 e. The van der Waals surface area contributed by atoms with Crippen molar-refractivity contribution in [1.29, 1.82) is 0 Å². The Balaban J connectivity index is 2.01. The van der Waals surface area contributed by atoms with Crippen LogP contribution in [0.25, 0.3) is 0 Å². The Bertz CT molecular complexity index is 246. The van der Waals surface area contributed by atoms with Crippen molar-refractivity contribution in [2.75, 3.05) is 0 Å². The number of allylic oxidation sites excluding steroid dienone is 2. The summed E-state index contributed by atoms with van der Waals surface area (Å²) in [7, 11) is 0. The Morgan fingerprint density at radius 1 is 1.31 bits per heavy atom. The van der Waals surface area contributed by atoms with Crippen molar-refractivity contribution in [2.45, 2.75) is 44.6 Å². The van der Waals surface area contributed by atoms with Gasteiger partial charge < -0.3 is 5.11 Å². The zero-order valence-corrected chi connectivity index (χ0v) is 8.08. The van der Waals surface area contributed by atoms with Crippen LogP contribution >= 0.6 is 0 Å². The summed E-state index contributed by atoms with van der Waals surface area (Å²) < 4.78 is 0. The van der Waals surface area contributed by atoms with Crippen molar-refractivity contribution in [3.8, 4) is 0 Å². The molecule has 1 spiro atoms. The van der Waals surface area contributed by atoms with Crippen molar-refractivity contribution >= 4 is 0 Å². The van der Waals surface area contributed by atoms with Gasteiger partial charge in [0.05, 0.1) is 6.10 Å². The van der Waals surface area contributed by atoms with E-state index in [1.807, 2.05) is 0 Å². The molecule has 1 heteroatoms. The SMILES string of the molecule is OC1C2CCCC13CCC=CC3C2. The Kier molecular flexibility index (Phi) is 1.61. The van der Waals surface area contributed by atoms with E-state index >= 15 is 0 Å². The highest BCUT2D eigenvalue weighted by atomic mass is 16.3. The summed E-state index contributed by atoms with van der Waals surface area (Å²) in [6.45, 7) is 0. The van der Waals surface area contributed by atoms with Crippen molar-refractivity contribution < 1.29 is 5.11 Å². The first-order valence-corrected chi connectivity index (χ1v) is 5.68. The summed E-state index contributed by atoms with van der Waals surface area (Å²) in [5, 5.41) is 10.3. The van der Waals surface area contributed by atoms with Gasteiger partial charge in [0.15, 0.2) is 0 Å². The molecule has 2 bridgehead atoms. The third-order valence-corrected chi connectivity index (χ3v) is 4.69. The Labute approximate surface area is 79.8 Å². The van der Waals surface area contributed by atoms with Crippen molar-refractivity contribution in [3.05, 3.63) is 12.2 Å². The topological polar surface area (TPSA) is 20.2 Å². The maximum absolute atomic E-state index is 10.3. The summed E-state index contributed by atoms with van der Waals surface area (Å²) >= 11 is 0.